The fourth-order valence-electron chi connectivity index (χ4n) is 3.31. The number of hydrogen-bond acceptors (Lipinski definition) is 3. The van der Waals surface area contributed by atoms with Gasteiger partial charge in [-0.3, -0.25) is 9.59 Å². The number of Topliss-reactive ketones (excluding diaryl/α,β-unsaturated/α-hetero) is 1. The topological polar surface area (TPSA) is 54.4 Å². The van der Waals surface area contributed by atoms with Gasteiger partial charge in [-0.2, -0.15) is 0 Å². The highest BCUT2D eigenvalue weighted by Gasteiger charge is 2.29. The van der Waals surface area contributed by atoms with Gasteiger partial charge in [-0.25, -0.2) is 0 Å². The Bertz CT molecular complexity index is 592. The Morgan fingerprint density at radius 2 is 1.85 bits per heavy atom. The molecule has 2 aliphatic carbocycles. The molecular formula is C17H18O3. The molecule has 0 saturated heterocycles. The molecule has 3 nitrogen and oxygen atoms in total. The normalized spacial score (nSPS) is 19.7. The Balaban J connectivity index is 1.88. The van der Waals surface area contributed by atoms with Crippen molar-refractivity contribution in [2.45, 2.75) is 38.5 Å². The smallest absolute Gasteiger partial charge is 0.190 e. The summed E-state index contributed by atoms with van der Waals surface area (Å²) >= 11 is 0. The van der Waals surface area contributed by atoms with Gasteiger partial charge >= 0.3 is 0 Å². The monoisotopic (exact) mass is 270 g/mol. The summed E-state index contributed by atoms with van der Waals surface area (Å²) in [5, 5.41) is 9.75. The number of carbonyl (C=O) groups is 2. The first-order valence-corrected chi connectivity index (χ1v) is 7.28. The lowest BCUT2D eigenvalue weighted by Crippen LogP contribution is -2.19. The second-order valence-corrected chi connectivity index (χ2v) is 5.77. The number of benzene rings is 1. The Hall–Kier alpha value is -1.90. The predicted octanol–water partition coefficient (Wildman–Crippen LogP) is 3.67. The van der Waals surface area contributed by atoms with E-state index in [-0.39, 0.29) is 22.9 Å². The van der Waals surface area contributed by atoms with Crippen LogP contribution in [0.15, 0.2) is 29.8 Å². The van der Waals surface area contributed by atoms with Crippen molar-refractivity contribution in [2.75, 3.05) is 0 Å². The van der Waals surface area contributed by atoms with Crippen LogP contribution in [0.1, 0.15) is 59.2 Å². The average Bonchev–Trinajstić information content (AvgIpc) is 2.45. The van der Waals surface area contributed by atoms with E-state index in [0.717, 1.165) is 12.8 Å². The van der Waals surface area contributed by atoms with Crippen LogP contribution in [0.2, 0.25) is 0 Å². The fraction of sp³-hybridized carbons (Fsp3) is 0.412. The summed E-state index contributed by atoms with van der Waals surface area (Å²) in [6, 6.07) is 4.69. The van der Waals surface area contributed by atoms with Crippen molar-refractivity contribution in [3.05, 3.63) is 41.0 Å². The van der Waals surface area contributed by atoms with E-state index >= 15 is 0 Å². The number of allylic oxidation sites excluding steroid dienone is 2. The quantitative estimate of drug-likeness (QED) is 0.892. The number of rotatable bonds is 2. The van der Waals surface area contributed by atoms with Crippen molar-refractivity contribution in [3.63, 3.8) is 0 Å². The minimum Gasteiger partial charge on any atom is -0.507 e. The van der Waals surface area contributed by atoms with Crippen LogP contribution < -0.4 is 0 Å². The second-order valence-electron chi connectivity index (χ2n) is 5.77. The van der Waals surface area contributed by atoms with Gasteiger partial charge in [-0.05, 0) is 24.5 Å². The molecule has 1 aromatic carbocycles. The van der Waals surface area contributed by atoms with Crippen LogP contribution >= 0.6 is 0 Å². The Kier molecular flexibility index (Phi) is 3.43. The average molecular weight is 270 g/mol. The zero-order valence-corrected chi connectivity index (χ0v) is 11.4. The van der Waals surface area contributed by atoms with Crippen LogP contribution in [0.5, 0.6) is 5.75 Å². The van der Waals surface area contributed by atoms with E-state index in [4.69, 9.17) is 0 Å². The van der Waals surface area contributed by atoms with Crippen LogP contribution in [0.25, 0.3) is 0 Å². The molecule has 1 N–H and O–H groups in total. The van der Waals surface area contributed by atoms with Gasteiger partial charge in [0.1, 0.15) is 5.75 Å². The Morgan fingerprint density at radius 3 is 2.60 bits per heavy atom. The third-order valence-electron chi connectivity index (χ3n) is 4.36. The molecule has 0 aliphatic heterocycles. The summed E-state index contributed by atoms with van der Waals surface area (Å²) in [6.07, 6.45) is 8.13. The zero-order chi connectivity index (χ0) is 14.1. The van der Waals surface area contributed by atoms with Gasteiger partial charge < -0.3 is 5.11 Å². The Labute approximate surface area is 118 Å². The SMILES string of the molecule is O=C1C(CC2CCCCC2)=CC(=O)c2c(O)cccc21. The summed E-state index contributed by atoms with van der Waals surface area (Å²) in [5.41, 5.74) is 1.12. The molecule has 0 atom stereocenters. The third kappa shape index (κ3) is 2.28. The summed E-state index contributed by atoms with van der Waals surface area (Å²) in [7, 11) is 0. The molecule has 2 aliphatic rings. The van der Waals surface area contributed by atoms with Gasteiger partial charge in [-0.15, -0.1) is 0 Å². The molecule has 0 amide bonds. The van der Waals surface area contributed by atoms with E-state index in [1.807, 2.05) is 0 Å². The molecule has 3 heteroatoms. The van der Waals surface area contributed by atoms with E-state index in [1.165, 1.54) is 31.4 Å². The first kappa shape index (κ1) is 13.1. The van der Waals surface area contributed by atoms with Crippen molar-refractivity contribution in [2.24, 2.45) is 5.92 Å². The maximum atomic E-state index is 12.5. The lowest BCUT2D eigenvalue weighted by molar-refractivity contribution is 0.0975. The molecule has 0 bridgehead atoms. The largest absolute Gasteiger partial charge is 0.507 e. The molecule has 0 radical (unpaired) electrons. The Morgan fingerprint density at radius 1 is 1.10 bits per heavy atom. The fourth-order valence-corrected chi connectivity index (χ4v) is 3.31. The molecule has 0 aromatic heterocycles. The summed E-state index contributed by atoms with van der Waals surface area (Å²) in [4.78, 5) is 24.6. The van der Waals surface area contributed by atoms with Gasteiger partial charge in [0, 0.05) is 11.1 Å². The number of phenols is 1. The van der Waals surface area contributed by atoms with Crippen LogP contribution in [-0.4, -0.2) is 16.7 Å². The minimum absolute atomic E-state index is 0.0962. The van der Waals surface area contributed by atoms with Gasteiger partial charge in [0.15, 0.2) is 11.6 Å². The van der Waals surface area contributed by atoms with Gasteiger partial charge in [0.25, 0.3) is 0 Å². The van der Waals surface area contributed by atoms with Crippen molar-refractivity contribution < 1.29 is 14.7 Å². The maximum absolute atomic E-state index is 12.5. The third-order valence-corrected chi connectivity index (χ3v) is 4.36. The standard InChI is InChI=1S/C17H18O3/c18-14-8-4-7-13-16(14)15(19)10-12(17(13)20)9-11-5-2-1-3-6-11/h4,7-8,10-11,18H,1-3,5-6,9H2. The minimum atomic E-state index is -0.247. The molecule has 0 unspecified atom stereocenters. The van der Waals surface area contributed by atoms with Gasteiger partial charge in [0.2, 0.25) is 0 Å². The van der Waals surface area contributed by atoms with Crippen molar-refractivity contribution >= 4 is 11.6 Å². The molecular weight excluding hydrogens is 252 g/mol. The number of aromatic hydroxyl groups is 1. The van der Waals surface area contributed by atoms with Crippen molar-refractivity contribution in [3.8, 4) is 5.75 Å². The summed E-state index contributed by atoms with van der Waals surface area (Å²) in [6.45, 7) is 0. The van der Waals surface area contributed by atoms with Crippen molar-refractivity contribution in [1.29, 1.82) is 0 Å². The van der Waals surface area contributed by atoms with Crippen LogP contribution in [0, 0.1) is 5.92 Å². The highest BCUT2D eigenvalue weighted by molar-refractivity contribution is 6.25. The first-order valence-electron chi connectivity index (χ1n) is 7.28. The number of ketones is 2. The van der Waals surface area contributed by atoms with E-state index in [0.29, 0.717) is 23.5 Å². The molecule has 104 valence electrons. The van der Waals surface area contributed by atoms with Crippen LogP contribution in [-0.2, 0) is 0 Å². The molecule has 1 aromatic rings. The number of hydrogen-bond donors (Lipinski definition) is 1. The molecule has 3 rings (SSSR count). The lowest BCUT2D eigenvalue weighted by Gasteiger charge is -2.24. The van der Waals surface area contributed by atoms with Gasteiger partial charge in [0.05, 0.1) is 5.56 Å². The second kappa shape index (κ2) is 5.23. The van der Waals surface area contributed by atoms with Gasteiger partial charge in [-0.1, -0.05) is 44.2 Å². The number of carbonyl (C=O) groups excluding carboxylic acids is 2. The number of phenolic OH excluding ortho intramolecular Hbond substituents is 1. The predicted molar refractivity (Wildman–Crippen MR) is 76.0 cm³/mol. The highest BCUT2D eigenvalue weighted by atomic mass is 16.3. The first-order chi connectivity index (χ1) is 9.66. The molecule has 0 heterocycles. The molecule has 0 spiro atoms. The summed E-state index contributed by atoms with van der Waals surface area (Å²) < 4.78 is 0. The van der Waals surface area contributed by atoms with E-state index in [2.05, 4.69) is 0 Å². The summed E-state index contributed by atoms with van der Waals surface area (Å²) in [5.74, 6) is 0.0732. The highest BCUT2D eigenvalue weighted by Crippen LogP contribution is 2.34. The van der Waals surface area contributed by atoms with Crippen LogP contribution in [0.4, 0.5) is 0 Å². The molecule has 20 heavy (non-hydrogen) atoms. The van der Waals surface area contributed by atoms with Crippen LogP contribution in [0.3, 0.4) is 0 Å². The zero-order valence-electron chi connectivity index (χ0n) is 11.4. The number of fused-ring (bicyclic) bond motifs is 1. The molecule has 1 fully saturated rings. The van der Waals surface area contributed by atoms with E-state index < -0.39 is 0 Å². The molecule has 1 saturated carbocycles. The lowest BCUT2D eigenvalue weighted by atomic mass is 9.80. The van der Waals surface area contributed by atoms with E-state index in [9.17, 15) is 14.7 Å². The van der Waals surface area contributed by atoms with E-state index in [1.54, 1.807) is 12.1 Å². The maximum Gasteiger partial charge on any atom is 0.190 e. The van der Waals surface area contributed by atoms with Crippen molar-refractivity contribution in [1.82, 2.24) is 0 Å².